The summed E-state index contributed by atoms with van der Waals surface area (Å²) < 4.78 is 0. The molecule has 0 N–H and O–H groups in total. The Bertz CT molecular complexity index is 986. The second-order valence-corrected chi connectivity index (χ2v) is 7.33. The van der Waals surface area contributed by atoms with E-state index < -0.39 is 0 Å². The van der Waals surface area contributed by atoms with Crippen molar-refractivity contribution < 1.29 is 9.59 Å². The molecular weight excluding hydrogens is 348 g/mol. The minimum Gasteiger partial charge on any atom is -0.339 e. The van der Waals surface area contributed by atoms with Crippen molar-refractivity contribution in [3.63, 3.8) is 0 Å². The molecule has 1 heterocycles. The largest absolute Gasteiger partial charge is 0.339 e. The Kier molecular flexibility index (Phi) is 5.11. The van der Waals surface area contributed by atoms with Crippen molar-refractivity contribution in [2.24, 2.45) is 5.92 Å². The van der Waals surface area contributed by atoms with Crippen LogP contribution in [0, 0.1) is 5.92 Å². The fourth-order valence-corrected chi connectivity index (χ4v) is 3.96. The number of piperidine rings is 1. The quantitative estimate of drug-likeness (QED) is 0.686. The van der Waals surface area contributed by atoms with E-state index in [9.17, 15) is 9.59 Å². The number of carbonyl (C=O) groups excluding carboxylic acids is 2. The Morgan fingerprint density at radius 1 is 0.857 bits per heavy atom. The van der Waals surface area contributed by atoms with Crippen molar-refractivity contribution in [3.05, 3.63) is 78.4 Å². The third-order valence-electron chi connectivity index (χ3n) is 5.63. The summed E-state index contributed by atoms with van der Waals surface area (Å²) in [6, 6.07) is 23.5. The van der Waals surface area contributed by atoms with E-state index in [1.165, 1.54) is 0 Å². The molecule has 4 heteroatoms. The van der Waals surface area contributed by atoms with Crippen LogP contribution >= 0.6 is 0 Å². The maximum absolute atomic E-state index is 13.1. The van der Waals surface area contributed by atoms with Crippen molar-refractivity contribution in [2.75, 3.05) is 25.0 Å². The summed E-state index contributed by atoms with van der Waals surface area (Å²) >= 11 is 0. The lowest BCUT2D eigenvalue weighted by molar-refractivity contribution is -0.123. The second kappa shape index (κ2) is 7.85. The van der Waals surface area contributed by atoms with Crippen LogP contribution in [0.3, 0.4) is 0 Å². The zero-order valence-corrected chi connectivity index (χ0v) is 16.0. The van der Waals surface area contributed by atoms with Gasteiger partial charge in [-0.2, -0.15) is 0 Å². The van der Waals surface area contributed by atoms with Crippen LogP contribution in [0.2, 0.25) is 0 Å². The first kappa shape index (κ1) is 18.2. The number of nitrogens with zero attached hydrogens (tertiary/aromatic N) is 2. The van der Waals surface area contributed by atoms with Gasteiger partial charge in [-0.1, -0.05) is 54.6 Å². The van der Waals surface area contributed by atoms with Crippen molar-refractivity contribution in [1.82, 2.24) is 4.90 Å². The van der Waals surface area contributed by atoms with Gasteiger partial charge in [0.05, 0.1) is 0 Å². The fourth-order valence-electron chi connectivity index (χ4n) is 3.96. The average molecular weight is 372 g/mol. The number of hydrogen-bond donors (Lipinski definition) is 0. The number of para-hydroxylation sites is 1. The molecule has 0 aromatic heterocycles. The predicted molar refractivity (Wildman–Crippen MR) is 112 cm³/mol. The lowest BCUT2D eigenvalue weighted by Gasteiger charge is -2.33. The number of benzene rings is 3. The van der Waals surface area contributed by atoms with Gasteiger partial charge in [0.1, 0.15) is 0 Å². The minimum atomic E-state index is -0.0400. The van der Waals surface area contributed by atoms with Crippen LogP contribution < -0.4 is 4.90 Å². The lowest BCUT2D eigenvalue weighted by Crippen LogP contribution is -2.43. The summed E-state index contributed by atoms with van der Waals surface area (Å²) in [7, 11) is 1.82. The van der Waals surface area contributed by atoms with E-state index in [1.807, 2.05) is 84.7 Å². The molecule has 1 aliphatic rings. The van der Waals surface area contributed by atoms with Crippen molar-refractivity contribution in [3.8, 4) is 0 Å². The molecule has 3 aromatic rings. The van der Waals surface area contributed by atoms with Crippen molar-refractivity contribution >= 4 is 28.3 Å². The molecule has 2 amide bonds. The highest BCUT2D eigenvalue weighted by Gasteiger charge is 2.30. The lowest BCUT2D eigenvalue weighted by atomic mass is 9.94. The van der Waals surface area contributed by atoms with Crippen LogP contribution in [-0.2, 0) is 4.79 Å². The molecule has 1 aliphatic heterocycles. The highest BCUT2D eigenvalue weighted by molar-refractivity contribution is 6.07. The van der Waals surface area contributed by atoms with Gasteiger partial charge >= 0.3 is 0 Å². The summed E-state index contributed by atoms with van der Waals surface area (Å²) in [6.45, 7) is 1.22. The molecule has 0 bridgehead atoms. The van der Waals surface area contributed by atoms with E-state index in [1.54, 1.807) is 4.90 Å². The first-order chi connectivity index (χ1) is 13.6. The summed E-state index contributed by atoms with van der Waals surface area (Å²) in [6.07, 6.45) is 1.40. The van der Waals surface area contributed by atoms with Crippen LogP contribution in [0.1, 0.15) is 23.2 Å². The van der Waals surface area contributed by atoms with Gasteiger partial charge in [-0.15, -0.1) is 0 Å². The maximum Gasteiger partial charge on any atom is 0.254 e. The monoisotopic (exact) mass is 372 g/mol. The zero-order chi connectivity index (χ0) is 19.5. The summed E-state index contributed by atoms with van der Waals surface area (Å²) in [4.78, 5) is 29.5. The van der Waals surface area contributed by atoms with Crippen LogP contribution in [0.4, 0.5) is 5.69 Å². The molecule has 3 aromatic carbocycles. The zero-order valence-electron chi connectivity index (χ0n) is 16.0. The summed E-state index contributed by atoms with van der Waals surface area (Å²) in [5.74, 6) is 0.143. The number of rotatable bonds is 3. The van der Waals surface area contributed by atoms with Crippen molar-refractivity contribution in [1.29, 1.82) is 0 Å². The van der Waals surface area contributed by atoms with E-state index in [2.05, 4.69) is 0 Å². The Morgan fingerprint density at radius 3 is 2.25 bits per heavy atom. The molecule has 4 nitrogen and oxygen atoms in total. The molecule has 1 fully saturated rings. The van der Waals surface area contributed by atoms with Crippen LogP contribution in [0.5, 0.6) is 0 Å². The predicted octanol–water partition coefficient (Wildman–Crippen LogP) is 4.36. The smallest absolute Gasteiger partial charge is 0.254 e. The summed E-state index contributed by atoms with van der Waals surface area (Å²) in [5.41, 5.74) is 1.64. The van der Waals surface area contributed by atoms with Gasteiger partial charge in [-0.3, -0.25) is 9.59 Å². The van der Waals surface area contributed by atoms with Crippen LogP contribution in [0.15, 0.2) is 72.8 Å². The molecule has 1 saturated heterocycles. The molecular formula is C24H24N2O2. The van der Waals surface area contributed by atoms with Crippen LogP contribution in [0.25, 0.3) is 10.8 Å². The highest BCUT2D eigenvalue weighted by Crippen LogP contribution is 2.25. The van der Waals surface area contributed by atoms with E-state index in [0.717, 1.165) is 22.0 Å². The summed E-state index contributed by atoms with van der Waals surface area (Å²) in [5, 5.41) is 2.06. The van der Waals surface area contributed by atoms with Crippen molar-refractivity contribution in [2.45, 2.75) is 12.8 Å². The van der Waals surface area contributed by atoms with E-state index in [-0.39, 0.29) is 17.7 Å². The van der Waals surface area contributed by atoms with Gasteiger partial charge in [-0.05, 0) is 41.8 Å². The SMILES string of the molecule is CN(C(=O)C1CCN(C(=O)c2cccc3ccccc23)CC1)c1ccccc1. The molecule has 0 unspecified atom stereocenters. The van der Waals surface area contributed by atoms with E-state index in [0.29, 0.717) is 25.9 Å². The third kappa shape index (κ3) is 3.50. The Labute approximate surface area is 165 Å². The molecule has 142 valence electrons. The number of fused-ring (bicyclic) bond motifs is 1. The van der Waals surface area contributed by atoms with Gasteiger partial charge in [0.2, 0.25) is 5.91 Å². The molecule has 4 rings (SSSR count). The first-order valence-corrected chi connectivity index (χ1v) is 9.75. The van der Waals surface area contributed by atoms with Gasteiger partial charge in [-0.25, -0.2) is 0 Å². The van der Waals surface area contributed by atoms with Gasteiger partial charge in [0.15, 0.2) is 0 Å². The number of anilines is 1. The Hall–Kier alpha value is -3.14. The van der Waals surface area contributed by atoms with Gasteiger partial charge in [0, 0.05) is 37.3 Å². The molecule has 0 aliphatic carbocycles. The van der Waals surface area contributed by atoms with Gasteiger partial charge < -0.3 is 9.80 Å². The first-order valence-electron chi connectivity index (χ1n) is 9.75. The number of likely N-dealkylation sites (tertiary alicyclic amines) is 1. The molecule has 28 heavy (non-hydrogen) atoms. The van der Waals surface area contributed by atoms with Gasteiger partial charge in [0.25, 0.3) is 5.91 Å². The number of amides is 2. The fraction of sp³-hybridized carbons (Fsp3) is 0.250. The molecule has 0 atom stereocenters. The highest BCUT2D eigenvalue weighted by atomic mass is 16.2. The average Bonchev–Trinajstić information content (AvgIpc) is 2.78. The standard InChI is InChI=1S/C24H24N2O2/c1-25(20-10-3-2-4-11-20)23(27)19-14-16-26(17-15-19)24(28)22-13-7-9-18-8-5-6-12-21(18)22/h2-13,19H,14-17H2,1H3. The Balaban J connectivity index is 1.44. The van der Waals surface area contributed by atoms with Crippen LogP contribution in [-0.4, -0.2) is 36.9 Å². The second-order valence-electron chi connectivity index (χ2n) is 7.33. The van der Waals surface area contributed by atoms with E-state index in [4.69, 9.17) is 0 Å². The molecule has 0 spiro atoms. The number of carbonyl (C=O) groups is 2. The molecule has 0 saturated carbocycles. The van der Waals surface area contributed by atoms with E-state index >= 15 is 0 Å². The minimum absolute atomic E-state index is 0.0400. The third-order valence-corrected chi connectivity index (χ3v) is 5.63. The Morgan fingerprint density at radius 2 is 1.50 bits per heavy atom. The number of hydrogen-bond acceptors (Lipinski definition) is 2. The topological polar surface area (TPSA) is 40.6 Å². The maximum atomic E-state index is 13.1. The molecule has 0 radical (unpaired) electrons. The normalized spacial score (nSPS) is 14.8.